The number of nitrogens with one attached hydrogen (secondary N) is 1. The Kier molecular flexibility index (Phi) is 5.11. The van der Waals surface area contributed by atoms with Crippen LogP contribution in [-0.4, -0.2) is 36.5 Å². The van der Waals surface area contributed by atoms with Crippen LogP contribution in [0.4, 0.5) is 10.5 Å². The molecule has 1 amide bonds. The molecule has 3 rings (SSSR count). The summed E-state index contributed by atoms with van der Waals surface area (Å²) in [6.45, 7) is 6.00. The van der Waals surface area contributed by atoms with Crippen LogP contribution in [0.1, 0.15) is 51.1 Å². The van der Waals surface area contributed by atoms with Crippen LogP contribution in [0.5, 0.6) is 0 Å². The molecule has 0 spiro atoms. The molecule has 0 aromatic heterocycles. The van der Waals surface area contributed by atoms with E-state index in [4.69, 9.17) is 4.74 Å². The molecule has 1 aromatic carbocycles. The molecule has 2 N–H and O–H groups in total. The van der Waals surface area contributed by atoms with Crippen molar-refractivity contribution in [1.29, 1.82) is 0 Å². The lowest BCUT2D eigenvalue weighted by Gasteiger charge is -2.36. The van der Waals surface area contributed by atoms with Crippen molar-refractivity contribution < 1.29 is 14.6 Å². The summed E-state index contributed by atoms with van der Waals surface area (Å²) in [5.41, 5.74) is 1.39. The predicted octanol–water partition coefficient (Wildman–Crippen LogP) is 3.24. The summed E-state index contributed by atoms with van der Waals surface area (Å²) in [5, 5.41) is 14.2. The highest BCUT2D eigenvalue weighted by Gasteiger charge is 2.32. The molecule has 5 heteroatoms. The van der Waals surface area contributed by atoms with Crippen LogP contribution in [0.25, 0.3) is 0 Å². The average molecular weight is 332 g/mol. The zero-order valence-corrected chi connectivity index (χ0v) is 14.6. The van der Waals surface area contributed by atoms with Gasteiger partial charge in [0.15, 0.2) is 0 Å². The molecular weight excluding hydrogens is 304 g/mol. The van der Waals surface area contributed by atoms with Gasteiger partial charge in [0, 0.05) is 18.3 Å². The monoisotopic (exact) mass is 332 g/mol. The second-order valence-corrected chi connectivity index (χ2v) is 7.37. The molecule has 2 fully saturated rings. The topological polar surface area (TPSA) is 61.8 Å². The molecule has 0 radical (unpaired) electrons. The number of carbonyl (C=O) groups is 1. The van der Waals surface area contributed by atoms with E-state index in [1.807, 2.05) is 18.2 Å². The van der Waals surface area contributed by atoms with Gasteiger partial charge in [-0.05, 0) is 56.2 Å². The van der Waals surface area contributed by atoms with Crippen molar-refractivity contribution in [2.24, 2.45) is 5.92 Å². The Morgan fingerprint density at radius 1 is 1.42 bits per heavy atom. The van der Waals surface area contributed by atoms with Gasteiger partial charge in [-0.25, -0.2) is 4.79 Å². The second kappa shape index (κ2) is 7.11. The number of rotatable bonds is 5. The maximum Gasteiger partial charge on any atom is 0.414 e. The van der Waals surface area contributed by atoms with E-state index in [0.717, 1.165) is 42.9 Å². The quantitative estimate of drug-likeness (QED) is 0.869. The summed E-state index contributed by atoms with van der Waals surface area (Å²) in [4.78, 5) is 13.4. The lowest BCUT2D eigenvalue weighted by molar-refractivity contribution is -0.00783. The maximum atomic E-state index is 11.7. The van der Waals surface area contributed by atoms with E-state index in [0.29, 0.717) is 19.7 Å². The van der Waals surface area contributed by atoms with Crippen LogP contribution >= 0.6 is 0 Å². The Morgan fingerprint density at radius 2 is 2.17 bits per heavy atom. The molecule has 0 bridgehead atoms. The maximum absolute atomic E-state index is 11.7. The fraction of sp³-hybridized carbons (Fsp3) is 0.632. The number of amides is 1. The number of anilines is 1. The van der Waals surface area contributed by atoms with Gasteiger partial charge in [0.05, 0.1) is 12.1 Å². The number of benzene rings is 1. The second-order valence-electron chi connectivity index (χ2n) is 7.37. The first-order chi connectivity index (χ1) is 11.5. The first-order valence-electron chi connectivity index (χ1n) is 8.97. The summed E-state index contributed by atoms with van der Waals surface area (Å²) in [6.07, 6.45) is 3.65. The average Bonchev–Trinajstić information content (AvgIpc) is 3.02. The van der Waals surface area contributed by atoms with Gasteiger partial charge in [-0.1, -0.05) is 19.1 Å². The minimum Gasteiger partial charge on any atom is -0.447 e. The van der Waals surface area contributed by atoms with Crippen molar-refractivity contribution in [2.75, 3.05) is 24.6 Å². The van der Waals surface area contributed by atoms with E-state index >= 15 is 0 Å². The predicted molar refractivity (Wildman–Crippen MR) is 94.1 cm³/mol. The van der Waals surface area contributed by atoms with E-state index in [1.54, 1.807) is 4.90 Å². The fourth-order valence-corrected chi connectivity index (χ4v) is 3.53. The van der Waals surface area contributed by atoms with Gasteiger partial charge < -0.3 is 15.2 Å². The third-order valence-electron chi connectivity index (χ3n) is 5.38. The molecule has 1 aliphatic heterocycles. The third kappa shape index (κ3) is 3.90. The van der Waals surface area contributed by atoms with Crippen LogP contribution in [0.3, 0.4) is 0 Å². The van der Waals surface area contributed by atoms with Crippen LogP contribution in [0.15, 0.2) is 24.3 Å². The van der Waals surface area contributed by atoms with Crippen molar-refractivity contribution >= 4 is 11.8 Å². The SMILES string of the molecule is CC1CCC(O)(CNC(C)c2cccc(N3CCOC3=O)c2)CC1. The van der Waals surface area contributed by atoms with Gasteiger partial charge in [-0.15, -0.1) is 0 Å². The Bertz CT molecular complexity index is 582. The zero-order valence-electron chi connectivity index (χ0n) is 14.6. The summed E-state index contributed by atoms with van der Waals surface area (Å²) in [7, 11) is 0. The Hall–Kier alpha value is -1.59. The lowest BCUT2D eigenvalue weighted by atomic mass is 9.79. The standard InChI is InChI=1S/C19H28N2O3/c1-14-6-8-19(23,9-7-14)13-20-15(2)16-4-3-5-17(12-16)21-10-11-24-18(21)22/h3-5,12,14-15,20,23H,6-11,13H2,1-2H3. The Labute approximate surface area is 144 Å². The number of nitrogens with zero attached hydrogens (tertiary/aromatic N) is 1. The van der Waals surface area contributed by atoms with Crippen LogP contribution in [0, 0.1) is 5.92 Å². The van der Waals surface area contributed by atoms with Crippen LogP contribution in [-0.2, 0) is 4.74 Å². The Balaban J connectivity index is 1.61. The number of cyclic esters (lactones) is 1. The Morgan fingerprint density at radius 3 is 2.83 bits per heavy atom. The molecule has 1 heterocycles. The number of ether oxygens (including phenoxy) is 1. The zero-order chi connectivity index (χ0) is 17.2. The number of hydrogen-bond acceptors (Lipinski definition) is 4. The molecule has 1 aromatic rings. The first kappa shape index (κ1) is 17.2. The van der Waals surface area contributed by atoms with Gasteiger partial charge in [-0.3, -0.25) is 4.90 Å². The van der Waals surface area contributed by atoms with Crippen molar-refractivity contribution in [3.8, 4) is 0 Å². The van der Waals surface area contributed by atoms with E-state index in [2.05, 4.69) is 25.2 Å². The molecule has 24 heavy (non-hydrogen) atoms. The minimum atomic E-state index is -0.586. The lowest BCUT2D eigenvalue weighted by Crippen LogP contribution is -2.44. The number of aliphatic hydroxyl groups is 1. The smallest absolute Gasteiger partial charge is 0.414 e. The number of carbonyl (C=O) groups excluding carboxylic acids is 1. The summed E-state index contributed by atoms with van der Waals surface area (Å²) in [6, 6.07) is 8.09. The molecule has 2 aliphatic rings. The van der Waals surface area contributed by atoms with E-state index in [-0.39, 0.29) is 12.1 Å². The molecule has 1 aliphatic carbocycles. The van der Waals surface area contributed by atoms with Crippen LogP contribution in [0.2, 0.25) is 0 Å². The van der Waals surface area contributed by atoms with Crippen molar-refractivity contribution in [3.63, 3.8) is 0 Å². The highest BCUT2D eigenvalue weighted by molar-refractivity contribution is 5.89. The van der Waals surface area contributed by atoms with E-state index in [9.17, 15) is 9.90 Å². The van der Waals surface area contributed by atoms with E-state index in [1.165, 1.54) is 0 Å². The molecule has 1 saturated heterocycles. The molecule has 5 nitrogen and oxygen atoms in total. The summed E-state index contributed by atoms with van der Waals surface area (Å²) < 4.78 is 5.01. The third-order valence-corrected chi connectivity index (χ3v) is 5.38. The summed E-state index contributed by atoms with van der Waals surface area (Å²) >= 11 is 0. The van der Waals surface area contributed by atoms with Gasteiger partial charge >= 0.3 is 6.09 Å². The van der Waals surface area contributed by atoms with Gasteiger partial charge in [-0.2, -0.15) is 0 Å². The van der Waals surface area contributed by atoms with Crippen molar-refractivity contribution in [3.05, 3.63) is 29.8 Å². The molecule has 1 saturated carbocycles. The molecule has 1 atom stereocenters. The highest BCUT2D eigenvalue weighted by atomic mass is 16.6. The fourth-order valence-electron chi connectivity index (χ4n) is 3.53. The highest BCUT2D eigenvalue weighted by Crippen LogP contribution is 2.32. The van der Waals surface area contributed by atoms with Gasteiger partial charge in [0.25, 0.3) is 0 Å². The van der Waals surface area contributed by atoms with Crippen molar-refractivity contribution in [2.45, 2.75) is 51.2 Å². The van der Waals surface area contributed by atoms with Crippen LogP contribution < -0.4 is 10.2 Å². The molecular formula is C19H28N2O3. The normalized spacial score (nSPS) is 28.7. The van der Waals surface area contributed by atoms with Crippen molar-refractivity contribution in [1.82, 2.24) is 5.32 Å². The van der Waals surface area contributed by atoms with Gasteiger partial charge in [0.1, 0.15) is 6.61 Å². The first-order valence-corrected chi connectivity index (χ1v) is 8.97. The minimum absolute atomic E-state index is 0.118. The molecule has 132 valence electrons. The van der Waals surface area contributed by atoms with E-state index < -0.39 is 5.60 Å². The van der Waals surface area contributed by atoms with Gasteiger partial charge in [0.2, 0.25) is 0 Å². The number of hydrogen-bond donors (Lipinski definition) is 2. The largest absolute Gasteiger partial charge is 0.447 e. The summed E-state index contributed by atoms with van der Waals surface area (Å²) in [5.74, 6) is 0.722. The molecule has 1 unspecified atom stereocenters.